The van der Waals surface area contributed by atoms with Gasteiger partial charge in [-0.3, -0.25) is 9.20 Å². The molecular formula is C21H14F3N7O. The van der Waals surface area contributed by atoms with Crippen molar-refractivity contribution in [3.63, 3.8) is 0 Å². The molecule has 0 radical (unpaired) electrons. The number of nitrogens with one attached hydrogen (secondary N) is 1. The van der Waals surface area contributed by atoms with E-state index in [9.17, 15) is 18.0 Å². The first-order valence-electron chi connectivity index (χ1n) is 9.60. The molecule has 160 valence electrons. The van der Waals surface area contributed by atoms with Crippen LogP contribution < -0.4 is 5.32 Å². The molecule has 1 amide bonds. The normalized spacial score (nSPS) is 15.3. The van der Waals surface area contributed by atoms with E-state index in [4.69, 9.17) is 5.26 Å². The molecule has 32 heavy (non-hydrogen) atoms. The Hall–Kier alpha value is -4.20. The Labute approximate surface area is 178 Å². The lowest BCUT2D eigenvalue weighted by Crippen LogP contribution is -2.37. The van der Waals surface area contributed by atoms with Crippen molar-refractivity contribution in [2.45, 2.75) is 24.8 Å². The van der Waals surface area contributed by atoms with Crippen LogP contribution in [-0.4, -0.2) is 36.0 Å². The number of aromatic nitrogens is 5. The van der Waals surface area contributed by atoms with Crippen molar-refractivity contribution in [2.24, 2.45) is 0 Å². The van der Waals surface area contributed by atoms with Crippen LogP contribution in [0.15, 0.2) is 49.1 Å². The fraction of sp³-hybridized carbons (Fsp3) is 0.190. The van der Waals surface area contributed by atoms with Gasteiger partial charge in [0.15, 0.2) is 5.82 Å². The second-order valence-electron chi connectivity index (χ2n) is 7.51. The lowest BCUT2D eigenvalue weighted by Gasteiger charge is -2.34. The minimum Gasteiger partial charge on any atom is -0.318 e. The molecule has 3 aromatic heterocycles. The van der Waals surface area contributed by atoms with Crippen molar-refractivity contribution in [1.29, 1.82) is 5.26 Å². The summed E-state index contributed by atoms with van der Waals surface area (Å²) in [6.45, 7) is 0. The molecule has 8 nitrogen and oxygen atoms in total. The molecule has 0 saturated heterocycles. The number of fused-ring (bicyclic) bond motifs is 1. The zero-order chi connectivity index (χ0) is 22.5. The maximum atomic E-state index is 14.4. The number of amides is 1. The molecule has 3 heterocycles. The smallest absolute Gasteiger partial charge is 0.274 e. The van der Waals surface area contributed by atoms with Crippen LogP contribution in [0.25, 0.3) is 17.0 Å². The lowest BCUT2D eigenvalue weighted by atomic mass is 9.88. The van der Waals surface area contributed by atoms with Gasteiger partial charge >= 0.3 is 0 Å². The Bertz CT molecular complexity index is 1390. The summed E-state index contributed by atoms with van der Waals surface area (Å²) < 4.78 is 43.5. The molecule has 0 atom stereocenters. The predicted molar refractivity (Wildman–Crippen MR) is 106 cm³/mol. The maximum absolute atomic E-state index is 14.4. The quantitative estimate of drug-likeness (QED) is 0.523. The number of anilines is 1. The zero-order valence-corrected chi connectivity index (χ0v) is 16.3. The first kappa shape index (κ1) is 19.7. The molecule has 1 saturated carbocycles. The van der Waals surface area contributed by atoms with Crippen LogP contribution in [-0.2, 0) is 0 Å². The zero-order valence-electron chi connectivity index (χ0n) is 16.3. The average Bonchev–Trinajstić information content (AvgIpc) is 3.40. The van der Waals surface area contributed by atoms with Gasteiger partial charge in [0.2, 0.25) is 0 Å². The summed E-state index contributed by atoms with van der Waals surface area (Å²) in [5.41, 5.74) is 1.28. The molecule has 4 aromatic rings. The maximum Gasteiger partial charge on any atom is 0.274 e. The Kier molecular flexibility index (Phi) is 4.44. The number of nitriles is 1. The summed E-state index contributed by atoms with van der Waals surface area (Å²) >= 11 is 0. The first-order chi connectivity index (χ1) is 15.3. The fourth-order valence-corrected chi connectivity index (χ4v) is 3.56. The van der Waals surface area contributed by atoms with Gasteiger partial charge in [0.05, 0.1) is 29.6 Å². The Morgan fingerprint density at radius 3 is 2.78 bits per heavy atom. The number of hydrogen-bond acceptors (Lipinski definition) is 5. The Balaban J connectivity index is 1.38. The largest absolute Gasteiger partial charge is 0.318 e. The van der Waals surface area contributed by atoms with Gasteiger partial charge in [-0.15, -0.1) is 0 Å². The van der Waals surface area contributed by atoms with Crippen molar-refractivity contribution >= 4 is 17.2 Å². The van der Waals surface area contributed by atoms with Gasteiger partial charge in [0.25, 0.3) is 11.8 Å². The number of carbonyl (C=O) groups excluding carboxylic acids is 1. The molecule has 1 aromatic carbocycles. The summed E-state index contributed by atoms with van der Waals surface area (Å²) in [5, 5.41) is 15.7. The topological polar surface area (TPSA) is 101 Å². The van der Waals surface area contributed by atoms with Gasteiger partial charge in [-0.1, -0.05) is 0 Å². The van der Waals surface area contributed by atoms with Gasteiger partial charge in [0.1, 0.15) is 23.5 Å². The summed E-state index contributed by atoms with van der Waals surface area (Å²) in [7, 11) is 0. The Morgan fingerprint density at radius 2 is 2.03 bits per heavy atom. The molecule has 1 N–H and O–H groups in total. The van der Waals surface area contributed by atoms with Crippen LogP contribution in [0.5, 0.6) is 0 Å². The summed E-state index contributed by atoms with van der Waals surface area (Å²) in [4.78, 5) is 21.0. The fourth-order valence-electron chi connectivity index (χ4n) is 3.56. The standard InChI is InChI=1S/C21H14F3N7O/c22-15-2-1-13(19-27-11-31(29-19)14-7-21(23,24)8-14)6-16(15)28-20(32)17-10-26-18-5-12(9-25)3-4-30(17)18/h1-6,10-11,14H,7-8H2,(H,28,32). The number of benzene rings is 1. The van der Waals surface area contributed by atoms with E-state index in [2.05, 4.69) is 20.4 Å². The molecule has 1 aliphatic carbocycles. The number of hydrogen-bond donors (Lipinski definition) is 1. The third kappa shape index (κ3) is 3.45. The van der Waals surface area contributed by atoms with Crippen LogP contribution in [0.4, 0.5) is 18.9 Å². The molecule has 5 rings (SSSR count). The number of imidazole rings is 1. The van der Waals surface area contributed by atoms with Crippen LogP contribution in [0.3, 0.4) is 0 Å². The van der Waals surface area contributed by atoms with Crippen molar-refractivity contribution in [3.8, 4) is 17.5 Å². The van der Waals surface area contributed by atoms with E-state index >= 15 is 0 Å². The highest BCUT2D eigenvalue weighted by Gasteiger charge is 2.46. The highest BCUT2D eigenvalue weighted by atomic mass is 19.3. The van der Waals surface area contributed by atoms with Gasteiger partial charge in [0, 0.05) is 24.6 Å². The molecule has 0 bridgehead atoms. The minimum absolute atomic E-state index is 0.0948. The van der Waals surface area contributed by atoms with Gasteiger partial charge in [-0.2, -0.15) is 10.4 Å². The van der Waals surface area contributed by atoms with E-state index in [1.807, 2.05) is 6.07 Å². The minimum atomic E-state index is -2.68. The van der Waals surface area contributed by atoms with Gasteiger partial charge in [-0.25, -0.2) is 27.8 Å². The van der Waals surface area contributed by atoms with E-state index in [1.54, 1.807) is 0 Å². The first-order valence-corrected chi connectivity index (χ1v) is 9.60. The molecule has 0 aliphatic heterocycles. The second kappa shape index (κ2) is 7.19. The monoisotopic (exact) mass is 437 g/mol. The average molecular weight is 437 g/mol. The molecule has 1 fully saturated rings. The van der Waals surface area contributed by atoms with Crippen LogP contribution in [0.1, 0.15) is 34.9 Å². The van der Waals surface area contributed by atoms with Crippen molar-refractivity contribution in [1.82, 2.24) is 24.1 Å². The molecule has 0 unspecified atom stereocenters. The number of rotatable bonds is 4. The van der Waals surface area contributed by atoms with Crippen LogP contribution >= 0.6 is 0 Å². The summed E-state index contributed by atoms with van der Waals surface area (Å²) in [6.07, 6.45) is 3.63. The second-order valence-corrected chi connectivity index (χ2v) is 7.51. The van der Waals surface area contributed by atoms with Crippen LogP contribution in [0, 0.1) is 17.1 Å². The number of halogens is 3. The van der Waals surface area contributed by atoms with Crippen molar-refractivity contribution in [2.75, 3.05) is 5.32 Å². The van der Waals surface area contributed by atoms with E-state index in [0.29, 0.717) is 16.8 Å². The van der Waals surface area contributed by atoms with Gasteiger partial charge in [-0.05, 0) is 30.3 Å². The third-order valence-electron chi connectivity index (χ3n) is 5.30. The highest BCUT2D eigenvalue weighted by molar-refractivity contribution is 6.03. The number of alkyl halides is 2. The van der Waals surface area contributed by atoms with E-state index < -0.39 is 23.7 Å². The SMILES string of the molecule is N#Cc1ccn2c(C(=O)Nc3cc(-c4ncn(C5CC(F)(F)C5)n4)ccc3F)cnc2c1. The van der Waals surface area contributed by atoms with E-state index in [1.165, 1.54) is 52.1 Å². The molecule has 1 aliphatic rings. The van der Waals surface area contributed by atoms with Gasteiger partial charge < -0.3 is 5.32 Å². The lowest BCUT2D eigenvalue weighted by molar-refractivity contribution is -0.107. The van der Waals surface area contributed by atoms with Crippen molar-refractivity contribution < 1.29 is 18.0 Å². The number of pyridine rings is 1. The molecule has 11 heteroatoms. The van der Waals surface area contributed by atoms with Crippen molar-refractivity contribution in [3.05, 3.63) is 66.1 Å². The third-order valence-corrected chi connectivity index (χ3v) is 5.30. The van der Waals surface area contributed by atoms with E-state index in [-0.39, 0.29) is 30.0 Å². The summed E-state index contributed by atoms with van der Waals surface area (Å²) in [6, 6.07) is 8.60. The highest BCUT2D eigenvalue weighted by Crippen LogP contribution is 2.45. The Morgan fingerprint density at radius 1 is 1.22 bits per heavy atom. The summed E-state index contributed by atoms with van der Waals surface area (Å²) in [5.74, 6) is -3.72. The molecular weight excluding hydrogens is 423 g/mol. The predicted octanol–water partition coefficient (Wildman–Crippen LogP) is 3.83. The van der Waals surface area contributed by atoms with Crippen LogP contribution in [0.2, 0.25) is 0 Å². The van der Waals surface area contributed by atoms with E-state index in [0.717, 1.165) is 6.07 Å². The number of carbonyl (C=O) groups is 1. The number of nitrogens with zero attached hydrogens (tertiary/aromatic N) is 6. The molecule has 0 spiro atoms.